The highest BCUT2D eigenvalue weighted by Crippen LogP contribution is 2.14. The predicted octanol–water partition coefficient (Wildman–Crippen LogP) is 3.32. The Balaban J connectivity index is 2.21. The molecule has 0 atom stereocenters. The molecule has 0 unspecified atom stereocenters. The van der Waals surface area contributed by atoms with Crippen LogP contribution in [0.15, 0.2) is 41.2 Å². The smallest absolute Gasteiger partial charge is 0.167 e. The van der Waals surface area contributed by atoms with Crippen LogP contribution >= 0.6 is 0 Å². The summed E-state index contributed by atoms with van der Waals surface area (Å²) >= 11 is 0. The highest BCUT2D eigenvalue weighted by atomic mass is 16.3. The molecule has 1 aromatic carbocycles. The molecule has 1 heterocycles. The van der Waals surface area contributed by atoms with Gasteiger partial charge in [-0.3, -0.25) is 4.79 Å². The van der Waals surface area contributed by atoms with Crippen molar-refractivity contribution in [1.82, 2.24) is 0 Å². The molecule has 0 fully saturated rings. The van der Waals surface area contributed by atoms with Crippen LogP contribution in [-0.2, 0) is 6.42 Å². The molecule has 0 radical (unpaired) electrons. The van der Waals surface area contributed by atoms with Crippen molar-refractivity contribution in [1.29, 1.82) is 0 Å². The Kier molecular flexibility index (Phi) is 2.91. The van der Waals surface area contributed by atoms with Crippen molar-refractivity contribution in [2.24, 2.45) is 0 Å². The highest BCUT2D eigenvalue weighted by molar-refractivity contribution is 5.98. The standard InChI is InChI=1S/C14H14O2/c1-10-3-4-13(11(2)7-10)14(15)8-12-5-6-16-9-12/h3-7,9H,8H2,1-2H3. The van der Waals surface area contributed by atoms with Gasteiger partial charge in [0.1, 0.15) is 0 Å². The second kappa shape index (κ2) is 4.35. The molecule has 0 aliphatic rings. The van der Waals surface area contributed by atoms with Crippen LogP contribution in [0.2, 0.25) is 0 Å². The van der Waals surface area contributed by atoms with Crippen LogP contribution in [0.4, 0.5) is 0 Å². The van der Waals surface area contributed by atoms with Crippen LogP contribution in [0.1, 0.15) is 27.0 Å². The van der Waals surface area contributed by atoms with Gasteiger partial charge < -0.3 is 4.42 Å². The lowest BCUT2D eigenvalue weighted by Gasteiger charge is -2.04. The van der Waals surface area contributed by atoms with E-state index >= 15 is 0 Å². The lowest BCUT2D eigenvalue weighted by molar-refractivity contribution is 0.0992. The maximum absolute atomic E-state index is 12.0. The van der Waals surface area contributed by atoms with E-state index in [1.807, 2.05) is 38.1 Å². The number of carbonyl (C=O) groups excluding carboxylic acids is 1. The zero-order valence-electron chi connectivity index (χ0n) is 9.49. The minimum absolute atomic E-state index is 0.138. The first-order chi connectivity index (χ1) is 7.66. The lowest BCUT2D eigenvalue weighted by atomic mass is 9.99. The molecule has 0 aliphatic carbocycles. The van der Waals surface area contributed by atoms with Gasteiger partial charge in [-0.2, -0.15) is 0 Å². The van der Waals surface area contributed by atoms with E-state index in [0.717, 1.165) is 16.7 Å². The Morgan fingerprint density at radius 3 is 2.69 bits per heavy atom. The summed E-state index contributed by atoms with van der Waals surface area (Å²) in [5.41, 5.74) is 3.93. The van der Waals surface area contributed by atoms with Gasteiger partial charge in [0.2, 0.25) is 0 Å². The van der Waals surface area contributed by atoms with Crippen LogP contribution in [0, 0.1) is 13.8 Å². The van der Waals surface area contributed by atoms with E-state index < -0.39 is 0 Å². The van der Waals surface area contributed by atoms with Gasteiger partial charge in [0.15, 0.2) is 5.78 Å². The number of furan rings is 1. The van der Waals surface area contributed by atoms with Crippen LogP contribution in [0.5, 0.6) is 0 Å². The molecular weight excluding hydrogens is 200 g/mol. The molecule has 0 amide bonds. The quantitative estimate of drug-likeness (QED) is 0.734. The van der Waals surface area contributed by atoms with Crippen molar-refractivity contribution in [3.63, 3.8) is 0 Å². The monoisotopic (exact) mass is 214 g/mol. The average Bonchev–Trinajstić information content (AvgIpc) is 2.70. The first-order valence-electron chi connectivity index (χ1n) is 5.28. The first kappa shape index (κ1) is 10.7. The Morgan fingerprint density at radius 1 is 1.25 bits per heavy atom. The van der Waals surface area contributed by atoms with Gasteiger partial charge in [-0.05, 0) is 31.0 Å². The first-order valence-corrected chi connectivity index (χ1v) is 5.28. The largest absolute Gasteiger partial charge is 0.472 e. The third-order valence-corrected chi connectivity index (χ3v) is 2.63. The summed E-state index contributed by atoms with van der Waals surface area (Å²) in [4.78, 5) is 12.0. The second-order valence-electron chi connectivity index (χ2n) is 4.05. The van der Waals surface area contributed by atoms with Crippen molar-refractivity contribution in [3.05, 3.63) is 59.0 Å². The summed E-state index contributed by atoms with van der Waals surface area (Å²) in [7, 11) is 0. The molecule has 1 aromatic heterocycles. The molecule has 2 nitrogen and oxygen atoms in total. The fraction of sp³-hybridized carbons (Fsp3) is 0.214. The van der Waals surface area contributed by atoms with Crippen molar-refractivity contribution in [3.8, 4) is 0 Å². The number of ketones is 1. The van der Waals surface area contributed by atoms with Gasteiger partial charge in [-0.25, -0.2) is 0 Å². The third-order valence-electron chi connectivity index (χ3n) is 2.63. The normalized spacial score (nSPS) is 10.4. The Morgan fingerprint density at radius 2 is 2.06 bits per heavy atom. The fourth-order valence-electron chi connectivity index (χ4n) is 1.80. The van der Waals surface area contributed by atoms with Crippen LogP contribution in [0.3, 0.4) is 0 Å². The maximum atomic E-state index is 12.0. The van der Waals surface area contributed by atoms with E-state index in [1.165, 1.54) is 5.56 Å². The summed E-state index contributed by atoms with van der Waals surface area (Å²) in [6.45, 7) is 3.99. The molecule has 0 bridgehead atoms. The van der Waals surface area contributed by atoms with Crippen LogP contribution < -0.4 is 0 Å². The molecule has 0 spiro atoms. The summed E-state index contributed by atoms with van der Waals surface area (Å²) in [6.07, 6.45) is 3.60. The Hall–Kier alpha value is -1.83. The number of hydrogen-bond acceptors (Lipinski definition) is 2. The van der Waals surface area contributed by atoms with Crippen LogP contribution in [0.25, 0.3) is 0 Å². The minimum atomic E-state index is 0.138. The molecule has 0 saturated carbocycles. The second-order valence-corrected chi connectivity index (χ2v) is 4.05. The fourth-order valence-corrected chi connectivity index (χ4v) is 1.80. The zero-order chi connectivity index (χ0) is 11.5. The molecule has 16 heavy (non-hydrogen) atoms. The van der Waals surface area contributed by atoms with E-state index in [4.69, 9.17) is 4.42 Å². The van der Waals surface area contributed by atoms with E-state index in [9.17, 15) is 4.79 Å². The number of benzene rings is 1. The van der Waals surface area contributed by atoms with E-state index in [0.29, 0.717) is 6.42 Å². The van der Waals surface area contributed by atoms with Gasteiger partial charge in [0, 0.05) is 12.0 Å². The Labute approximate surface area is 94.9 Å². The molecule has 0 aliphatic heterocycles. The van der Waals surface area contributed by atoms with E-state index in [2.05, 4.69) is 0 Å². The zero-order valence-corrected chi connectivity index (χ0v) is 9.49. The molecule has 0 N–H and O–H groups in total. The van der Waals surface area contributed by atoms with Gasteiger partial charge >= 0.3 is 0 Å². The summed E-state index contributed by atoms with van der Waals surface area (Å²) in [5, 5.41) is 0. The van der Waals surface area contributed by atoms with Crippen molar-refractivity contribution >= 4 is 5.78 Å². The van der Waals surface area contributed by atoms with E-state index in [-0.39, 0.29) is 5.78 Å². The van der Waals surface area contributed by atoms with Gasteiger partial charge in [-0.15, -0.1) is 0 Å². The third kappa shape index (κ3) is 2.22. The van der Waals surface area contributed by atoms with Crippen LogP contribution in [-0.4, -0.2) is 5.78 Å². The summed E-state index contributed by atoms with van der Waals surface area (Å²) in [6, 6.07) is 7.71. The topological polar surface area (TPSA) is 30.2 Å². The maximum Gasteiger partial charge on any atom is 0.167 e. The van der Waals surface area contributed by atoms with E-state index in [1.54, 1.807) is 12.5 Å². The van der Waals surface area contributed by atoms with Gasteiger partial charge in [0.25, 0.3) is 0 Å². The molecule has 0 saturated heterocycles. The van der Waals surface area contributed by atoms with Crippen molar-refractivity contribution in [2.75, 3.05) is 0 Å². The molecule has 82 valence electrons. The molecule has 2 heteroatoms. The number of hydrogen-bond donors (Lipinski definition) is 0. The average molecular weight is 214 g/mol. The number of Topliss-reactive ketones (excluding diaryl/α,β-unsaturated/α-hetero) is 1. The van der Waals surface area contributed by atoms with Gasteiger partial charge in [0.05, 0.1) is 12.5 Å². The minimum Gasteiger partial charge on any atom is -0.472 e. The number of aryl methyl sites for hydroxylation is 2. The van der Waals surface area contributed by atoms with Crippen molar-refractivity contribution < 1.29 is 9.21 Å². The van der Waals surface area contributed by atoms with Crippen molar-refractivity contribution in [2.45, 2.75) is 20.3 Å². The predicted molar refractivity (Wildman–Crippen MR) is 62.7 cm³/mol. The Bertz CT molecular complexity index is 495. The number of rotatable bonds is 3. The number of carbonyl (C=O) groups is 1. The van der Waals surface area contributed by atoms with Gasteiger partial charge in [-0.1, -0.05) is 23.8 Å². The molecular formula is C14H14O2. The highest BCUT2D eigenvalue weighted by Gasteiger charge is 2.10. The molecule has 2 aromatic rings. The summed E-state index contributed by atoms with van der Waals surface area (Å²) < 4.78 is 4.95. The lowest BCUT2D eigenvalue weighted by Crippen LogP contribution is -2.05. The summed E-state index contributed by atoms with van der Waals surface area (Å²) in [5.74, 6) is 0.138. The molecule has 2 rings (SSSR count). The SMILES string of the molecule is Cc1ccc(C(=O)Cc2ccoc2)c(C)c1.